The van der Waals surface area contributed by atoms with Crippen molar-refractivity contribution in [1.29, 1.82) is 0 Å². The molecule has 1 amide bonds. The number of hydrogen-bond donors (Lipinski definition) is 0. The lowest BCUT2D eigenvalue weighted by Crippen LogP contribution is -2.32. The topological polar surface area (TPSA) is 33.2 Å². The highest BCUT2D eigenvalue weighted by atomic mass is 19.2. The first kappa shape index (κ1) is 16.6. The first-order valence-corrected chi connectivity index (χ1v) is 8.26. The largest absolute Gasteiger partial charge is 0.337 e. The molecule has 2 aromatic rings. The van der Waals surface area contributed by atoms with Gasteiger partial charge in [0.15, 0.2) is 11.6 Å². The third-order valence-electron chi connectivity index (χ3n) is 4.49. The third-order valence-corrected chi connectivity index (χ3v) is 4.49. The summed E-state index contributed by atoms with van der Waals surface area (Å²) in [7, 11) is 0. The molecule has 1 aromatic carbocycles. The summed E-state index contributed by atoms with van der Waals surface area (Å²) in [6.45, 7) is 3.67. The van der Waals surface area contributed by atoms with Crippen LogP contribution in [-0.2, 0) is 0 Å². The summed E-state index contributed by atoms with van der Waals surface area (Å²) < 4.78 is 26.5. The van der Waals surface area contributed by atoms with Crippen LogP contribution < -0.4 is 0 Å². The van der Waals surface area contributed by atoms with E-state index in [0.29, 0.717) is 22.9 Å². The molecule has 0 spiro atoms. The summed E-state index contributed by atoms with van der Waals surface area (Å²) in [6, 6.07) is 8.70. The lowest BCUT2D eigenvalue weighted by Gasteiger charge is -2.20. The van der Waals surface area contributed by atoms with Gasteiger partial charge >= 0.3 is 0 Å². The van der Waals surface area contributed by atoms with Crippen LogP contribution in [0.25, 0.3) is 11.3 Å². The third kappa shape index (κ3) is 3.61. The van der Waals surface area contributed by atoms with Crippen molar-refractivity contribution in [3.63, 3.8) is 0 Å². The fourth-order valence-corrected chi connectivity index (χ4v) is 3.00. The number of benzene rings is 1. The Morgan fingerprint density at radius 2 is 1.96 bits per heavy atom. The van der Waals surface area contributed by atoms with Crippen molar-refractivity contribution in [2.75, 3.05) is 13.1 Å². The Bertz CT molecular complexity index is 748. The molecule has 1 aliphatic rings. The molecule has 126 valence electrons. The minimum Gasteiger partial charge on any atom is -0.337 e. The number of carbonyl (C=O) groups is 1. The monoisotopic (exact) mass is 330 g/mol. The van der Waals surface area contributed by atoms with Crippen LogP contribution in [0.3, 0.4) is 0 Å². The predicted octanol–water partition coefficient (Wildman–Crippen LogP) is 4.29. The van der Waals surface area contributed by atoms with Crippen LogP contribution in [-0.4, -0.2) is 28.9 Å². The Kier molecular flexibility index (Phi) is 4.88. The zero-order chi connectivity index (χ0) is 17.1. The van der Waals surface area contributed by atoms with E-state index in [1.165, 1.54) is 6.07 Å². The fraction of sp³-hybridized carbons (Fsp3) is 0.368. The maximum atomic E-state index is 13.4. The molecule has 1 saturated heterocycles. The summed E-state index contributed by atoms with van der Waals surface area (Å²) in [6.07, 6.45) is 3.12. The van der Waals surface area contributed by atoms with Gasteiger partial charge in [-0.15, -0.1) is 0 Å². The molecule has 1 aliphatic heterocycles. The van der Waals surface area contributed by atoms with Crippen LogP contribution >= 0.6 is 0 Å². The second-order valence-electron chi connectivity index (χ2n) is 6.37. The van der Waals surface area contributed by atoms with Crippen molar-refractivity contribution >= 4 is 5.91 Å². The van der Waals surface area contributed by atoms with Crippen LogP contribution in [0.15, 0.2) is 36.4 Å². The zero-order valence-electron chi connectivity index (χ0n) is 13.6. The van der Waals surface area contributed by atoms with Crippen LogP contribution in [0.4, 0.5) is 8.78 Å². The maximum absolute atomic E-state index is 13.4. The smallest absolute Gasteiger partial charge is 0.272 e. The average Bonchev–Trinajstić information content (AvgIpc) is 2.81. The van der Waals surface area contributed by atoms with Crippen LogP contribution in [0.1, 0.15) is 36.7 Å². The highest BCUT2D eigenvalue weighted by molar-refractivity contribution is 5.92. The molecular formula is C19H20F2N2O. The van der Waals surface area contributed by atoms with E-state index in [1.54, 1.807) is 18.2 Å². The van der Waals surface area contributed by atoms with Gasteiger partial charge in [-0.05, 0) is 55.5 Å². The molecule has 2 heterocycles. The molecule has 0 aliphatic carbocycles. The van der Waals surface area contributed by atoms with E-state index in [0.717, 1.165) is 44.5 Å². The van der Waals surface area contributed by atoms with E-state index in [1.807, 2.05) is 4.90 Å². The number of carbonyl (C=O) groups excluding carboxylic acids is 1. The number of pyridine rings is 1. The Morgan fingerprint density at radius 1 is 1.12 bits per heavy atom. The van der Waals surface area contributed by atoms with Gasteiger partial charge in [0.1, 0.15) is 5.69 Å². The summed E-state index contributed by atoms with van der Waals surface area (Å²) >= 11 is 0. The molecule has 1 aromatic heterocycles. The van der Waals surface area contributed by atoms with Crippen molar-refractivity contribution in [3.8, 4) is 11.3 Å². The first-order chi connectivity index (χ1) is 11.5. The fourth-order valence-electron chi connectivity index (χ4n) is 3.00. The Morgan fingerprint density at radius 3 is 2.75 bits per heavy atom. The second kappa shape index (κ2) is 7.07. The minimum atomic E-state index is -0.924. The molecule has 1 fully saturated rings. The van der Waals surface area contributed by atoms with Gasteiger partial charge in [-0.3, -0.25) is 4.79 Å². The molecule has 5 heteroatoms. The SMILES string of the molecule is CC1CCCN(C(=O)c2cccc(-c3ccc(F)c(F)c3)n2)CC1. The van der Waals surface area contributed by atoms with Crippen molar-refractivity contribution in [2.24, 2.45) is 5.92 Å². The highest BCUT2D eigenvalue weighted by Gasteiger charge is 2.21. The van der Waals surface area contributed by atoms with Gasteiger partial charge in [0.25, 0.3) is 5.91 Å². The molecule has 0 N–H and O–H groups in total. The predicted molar refractivity (Wildman–Crippen MR) is 88.5 cm³/mol. The maximum Gasteiger partial charge on any atom is 0.272 e. The molecule has 0 saturated carbocycles. The molecule has 24 heavy (non-hydrogen) atoms. The number of hydrogen-bond acceptors (Lipinski definition) is 2. The average molecular weight is 330 g/mol. The van der Waals surface area contributed by atoms with Crippen LogP contribution in [0, 0.1) is 17.6 Å². The van der Waals surface area contributed by atoms with Gasteiger partial charge in [-0.25, -0.2) is 13.8 Å². The molecule has 3 rings (SSSR count). The molecular weight excluding hydrogens is 310 g/mol. The Balaban J connectivity index is 1.84. The van der Waals surface area contributed by atoms with Crippen molar-refractivity contribution in [3.05, 3.63) is 53.7 Å². The van der Waals surface area contributed by atoms with Gasteiger partial charge < -0.3 is 4.90 Å². The lowest BCUT2D eigenvalue weighted by atomic mass is 10.0. The van der Waals surface area contributed by atoms with Gasteiger partial charge in [0.05, 0.1) is 5.69 Å². The number of likely N-dealkylation sites (tertiary alicyclic amines) is 1. The number of rotatable bonds is 2. The van der Waals surface area contributed by atoms with Gasteiger partial charge in [-0.2, -0.15) is 0 Å². The molecule has 0 radical (unpaired) electrons. The summed E-state index contributed by atoms with van der Waals surface area (Å²) in [5.41, 5.74) is 1.25. The van der Waals surface area contributed by atoms with E-state index in [-0.39, 0.29) is 5.91 Å². The quantitative estimate of drug-likeness (QED) is 0.823. The van der Waals surface area contributed by atoms with Crippen LogP contribution in [0.2, 0.25) is 0 Å². The van der Waals surface area contributed by atoms with Crippen LogP contribution in [0.5, 0.6) is 0 Å². The van der Waals surface area contributed by atoms with Gasteiger partial charge in [-0.1, -0.05) is 13.0 Å². The minimum absolute atomic E-state index is 0.103. The van der Waals surface area contributed by atoms with Gasteiger partial charge in [0, 0.05) is 18.7 Å². The normalized spacial score (nSPS) is 18.3. The van der Waals surface area contributed by atoms with E-state index in [4.69, 9.17) is 0 Å². The van der Waals surface area contributed by atoms with Crippen molar-refractivity contribution in [2.45, 2.75) is 26.2 Å². The second-order valence-corrected chi connectivity index (χ2v) is 6.37. The Hall–Kier alpha value is -2.30. The molecule has 3 nitrogen and oxygen atoms in total. The zero-order valence-corrected chi connectivity index (χ0v) is 13.6. The molecule has 1 atom stereocenters. The standard InChI is InChI=1S/C19H20F2N2O/c1-13-4-3-10-23(11-9-13)19(24)18-6-2-5-17(22-18)14-7-8-15(20)16(21)12-14/h2,5-8,12-13H,3-4,9-11H2,1H3. The van der Waals surface area contributed by atoms with E-state index >= 15 is 0 Å². The van der Waals surface area contributed by atoms with E-state index in [9.17, 15) is 13.6 Å². The lowest BCUT2D eigenvalue weighted by molar-refractivity contribution is 0.0754. The summed E-state index contributed by atoms with van der Waals surface area (Å²) in [4.78, 5) is 18.9. The summed E-state index contributed by atoms with van der Waals surface area (Å²) in [5.74, 6) is -1.30. The van der Waals surface area contributed by atoms with Crippen molar-refractivity contribution < 1.29 is 13.6 Å². The number of halogens is 2. The van der Waals surface area contributed by atoms with E-state index in [2.05, 4.69) is 11.9 Å². The molecule has 1 unspecified atom stereocenters. The van der Waals surface area contributed by atoms with Crippen molar-refractivity contribution in [1.82, 2.24) is 9.88 Å². The number of aromatic nitrogens is 1. The summed E-state index contributed by atoms with van der Waals surface area (Å²) in [5, 5.41) is 0. The number of nitrogens with zero attached hydrogens (tertiary/aromatic N) is 2. The first-order valence-electron chi connectivity index (χ1n) is 8.26. The highest BCUT2D eigenvalue weighted by Crippen LogP contribution is 2.22. The Labute approximate surface area is 140 Å². The number of amides is 1. The van der Waals surface area contributed by atoms with E-state index < -0.39 is 11.6 Å². The molecule has 0 bridgehead atoms. The van der Waals surface area contributed by atoms with Gasteiger partial charge in [0.2, 0.25) is 0 Å².